The zero-order valence-corrected chi connectivity index (χ0v) is 7.14. The van der Waals surface area contributed by atoms with Crippen molar-refractivity contribution in [1.29, 1.82) is 0 Å². The van der Waals surface area contributed by atoms with Gasteiger partial charge in [0, 0.05) is 5.27 Å². The summed E-state index contributed by atoms with van der Waals surface area (Å²) in [5.41, 5.74) is 2.59. The van der Waals surface area contributed by atoms with E-state index in [1.807, 2.05) is 0 Å². The van der Waals surface area contributed by atoms with Crippen molar-refractivity contribution in [2.24, 2.45) is 5.10 Å². The van der Waals surface area contributed by atoms with Crippen LogP contribution in [0.2, 0.25) is 0 Å². The largest absolute Gasteiger partial charge is 0.504 e. The van der Waals surface area contributed by atoms with Gasteiger partial charge in [-0.2, -0.15) is 0 Å². The van der Waals surface area contributed by atoms with E-state index in [9.17, 15) is 0 Å². The molecule has 15 heavy (non-hydrogen) atoms. The number of quaternary nitrogens is 1. The molecule has 1 aliphatic heterocycles. The molecule has 10 nitrogen and oxygen atoms in total. The van der Waals surface area contributed by atoms with E-state index in [4.69, 9.17) is 13.8 Å². The molecule has 0 aromatic carbocycles. The summed E-state index contributed by atoms with van der Waals surface area (Å²) in [4.78, 5) is 5.19. The van der Waals surface area contributed by atoms with Crippen LogP contribution in [0.1, 0.15) is 0 Å². The van der Waals surface area contributed by atoms with Crippen LogP contribution in [-0.2, 0) is 4.84 Å². The SMILES string of the molecule is C1=NN[N+](c2cnno2)(c2nnco2)O1. The predicted octanol–water partition coefficient (Wildman–Crippen LogP) is -0.515. The van der Waals surface area contributed by atoms with Gasteiger partial charge in [0.2, 0.25) is 6.39 Å². The smallest absolute Gasteiger partial charge is 0.377 e. The van der Waals surface area contributed by atoms with Gasteiger partial charge in [-0.05, 0) is 5.10 Å². The van der Waals surface area contributed by atoms with Crippen LogP contribution in [0.5, 0.6) is 0 Å². The minimum atomic E-state index is -0.535. The molecule has 1 aliphatic rings. The molecule has 0 aliphatic carbocycles. The summed E-state index contributed by atoms with van der Waals surface area (Å²) >= 11 is 0. The Morgan fingerprint density at radius 1 is 1.33 bits per heavy atom. The standard InChI is InChI=1S/C5H4N7O3/c1-4(15-11-6-1)12(10-8-3-14-12)5-9-7-2-13-5/h1-3,10H/q+1. The molecule has 0 spiro atoms. The molecule has 0 saturated heterocycles. The van der Waals surface area contributed by atoms with Gasteiger partial charge in [0.05, 0.1) is 0 Å². The monoisotopic (exact) mass is 210 g/mol. The number of aromatic nitrogens is 4. The van der Waals surface area contributed by atoms with Crippen LogP contribution in [0.3, 0.4) is 0 Å². The first-order valence-electron chi connectivity index (χ1n) is 3.83. The lowest BCUT2D eigenvalue weighted by atomic mass is 10.7. The molecule has 2 aromatic rings. The molecule has 0 amide bonds. The summed E-state index contributed by atoms with van der Waals surface area (Å²) < 4.78 is 9.34. The molecule has 0 saturated carbocycles. The lowest BCUT2D eigenvalue weighted by Gasteiger charge is -2.16. The Morgan fingerprint density at radius 3 is 2.93 bits per heavy atom. The fraction of sp³-hybridized carbons (Fsp3) is 0. The van der Waals surface area contributed by atoms with Gasteiger partial charge in [-0.15, -0.1) is 10.2 Å². The first-order valence-corrected chi connectivity index (χ1v) is 3.83. The van der Waals surface area contributed by atoms with Crippen LogP contribution in [0.4, 0.5) is 11.9 Å². The molecule has 2 aromatic heterocycles. The molecule has 1 N–H and O–H groups in total. The maximum atomic E-state index is 5.19. The van der Waals surface area contributed by atoms with E-state index in [1.54, 1.807) is 0 Å². The molecule has 0 bridgehead atoms. The van der Waals surface area contributed by atoms with Crippen molar-refractivity contribution >= 4 is 18.3 Å². The van der Waals surface area contributed by atoms with E-state index in [-0.39, 0.29) is 11.9 Å². The summed E-state index contributed by atoms with van der Waals surface area (Å²) in [5, 5.41) is 17.8. The van der Waals surface area contributed by atoms with Crippen molar-refractivity contribution < 1.29 is 13.8 Å². The normalized spacial score (nSPS) is 23.7. The average molecular weight is 210 g/mol. The molecule has 0 radical (unpaired) electrons. The van der Waals surface area contributed by atoms with Gasteiger partial charge >= 0.3 is 11.9 Å². The Balaban J connectivity index is 2.11. The zero-order valence-electron chi connectivity index (χ0n) is 7.14. The Morgan fingerprint density at radius 2 is 2.33 bits per heavy atom. The Labute approximate surface area is 81.6 Å². The quantitative estimate of drug-likeness (QED) is 0.659. The van der Waals surface area contributed by atoms with Crippen molar-refractivity contribution in [2.75, 3.05) is 0 Å². The van der Waals surface area contributed by atoms with Crippen molar-refractivity contribution in [3.8, 4) is 0 Å². The fourth-order valence-corrected chi connectivity index (χ4v) is 1.11. The summed E-state index contributed by atoms with van der Waals surface area (Å²) in [7, 11) is 0. The van der Waals surface area contributed by atoms with E-state index in [0.717, 1.165) is 6.39 Å². The van der Waals surface area contributed by atoms with E-state index in [1.165, 1.54) is 12.6 Å². The summed E-state index contributed by atoms with van der Waals surface area (Å²) in [6, 6.07) is 0.0889. The van der Waals surface area contributed by atoms with Crippen LogP contribution in [-0.4, -0.2) is 27.0 Å². The lowest BCUT2D eigenvalue weighted by molar-refractivity contribution is -0.0575. The van der Waals surface area contributed by atoms with Crippen molar-refractivity contribution in [1.82, 2.24) is 30.9 Å². The Kier molecular flexibility index (Phi) is 1.44. The molecule has 1 unspecified atom stereocenters. The molecule has 0 fully saturated rings. The number of nitrogens with one attached hydrogen (secondary N) is 1. The molecular formula is C5H4N7O3+. The minimum absolute atomic E-state index is 0.0889. The highest BCUT2D eigenvalue weighted by Crippen LogP contribution is 2.31. The van der Waals surface area contributed by atoms with E-state index in [2.05, 4.69) is 31.2 Å². The second kappa shape index (κ2) is 2.75. The molecule has 3 rings (SSSR count). The average Bonchev–Trinajstić information content (AvgIpc) is 3.02. The number of hydrazone groups is 1. The number of nitrogens with zero attached hydrogens (tertiary/aromatic N) is 6. The first kappa shape index (κ1) is 7.87. The Hall–Kier alpha value is -2.49. The number of hydrogen-bond donors (Lipinski definition) is 1. The minimum Gasteiger partial charge on any atom is -0.377 e. The van der Waals surface area contributed by atoms with Crippen molar-refractivity contribution in [2.45, 2.75) is 0 Å². The number of hydrogen-bond acceptors (Lipinski definition) is 9. The molecule has 3 heterocycles. The van der Waals surface area contributed by atoms with Gasteiger partial charge in [-0.25, -0.2) is 0 Å². The van der Waals surface area contributed by atoms with Crippen LogP contribution in [0.15, 0.2) is 26.6 Å². The fourth-order valence-electron chi connectivity index (χ4n) is 1.11. The predicted molar refractivity (Wildman–Crippen MR) is 42.8 cm³/mol. The highest BCUT2D eigenvalue weighted by molar-refractivity contribution is 5.52. The summed E-state index contributed by atoms with van der Waals surface area (Å²) in [6.07, 6.45) is 3.67. The van der Waals surface area contributed by atoms with E-state index >= 15 is 0 Å². The highest BCUT2D eigenvalue weighted by Gasteiger charge is 2.50. The molecular weight excluding hydrogens is 206 g/mol. The topological polar surface area (TPSA) is 111 Å². The van der Waals surface area contributed by atoms with Gasteiger partial charge in [0.15, 0.2) is 6.20 Å². The van der Waals surface area contributed by atoms with Crippen LogP contribution in [0.25, 0.3) is 0 Å². The van der Waals surface area contributed by atoms with Gasteiger partial charge in [0.25, 0.3) is 6.40 Å². The van der Waals surface area contributed by atoms with Crippen LogP contribution in [0, 0.1) is 0 Å². The maximum absolute atomic E-state index is 5.19. The van der Waals surface area contributed by atoms with Crippen molar-refractivity contribution in [3.63, 3.8) is 0 Å². The summed E-state index contributed by atoms with van der Waals surface area (Å²) in [5.74, 6) is 0.205. The third-order valence-electron chi connectivity index (χ3n) is 1.73. The highest BCUT2D eigenvalue weighted by atomic mass is 16.8. The van der Waals surface area contributed by atoms with E-state index in [0.29, 0.717) is 0 Å². The second-order valence-electron chi connectivity index (χ2n) is 2.53. The second-order valence-corrected chi connectivity index (χ2v) is 2.53. The lowest BCUT2D eigenvalue weighted by Crippen LogP contribution is -2.49. The van der Waals surface area contributed by atoms with Crippen molar-refractivity contribution in [3.05, 3.63) is 12.6 Å². The zero-order chi connectivity index (χ0) is 10.1. The first-order chi connectivity index (χ1) is 7.42. The van der Waals surface area contributed by atoms with Gasteiger partial charge < -0.3 is 4.42 Å². The number of rotatable bonds is 2. The Bertz CT molecular complexity index is 419. The van der Waals surface area contributed by atoms with Crippen LogP contribution < -0.4 is 10.3 Å². The third-order valence-corrected chi connectivity index (χ3v) is 1.73. The third kappa shape index (κ3) is 0.985. The van der Waals surface area contributed by atoms with Gasteiger partial charge in [-0.1, -0.05) is 10.6 Å². The molecule has 76 valence electrons. The molecule has 1 atom stereocenters. The molecule has 10 heteroatoms. The van der Waals surface area contributed by atoms with Crippen LogP contribution >= 0.6 is 0 Å². The summed E-state index contributed by atoms with van der Waals surface area (Å²) in [6.45, 7) is 0. The van der Waals surface area contributed by atoms with Gasteiger partial charge in [-0.3, -0.25) is 9.36 Å². The van der Waals surface area contributed by atoms with Gasteiger partial charge in [0.1, 0.15) is 4.76 Å². The van der Waals surface area contributed by atoms with E-state index < -0.39 is 4.76 Å². The maximum Gasteiger partial charge on any atom is 0.504 e.